The minimum absolute atomic E-state index is 0.00338. The van der Waals surface area contributed by atoms with Gasteiger partial charge < -0.3 is 29.7 Å². The van der Waals surface area contributed by atoms with Crippen LogP contribution in [0.3, 0.4) is 0 Å². The summed E-state index contributed by atoms with van der Waals surface area (Å²) in [6, 6.07) is 3.77. The van der Waals surface area contributed by atoms with Gasteiger partial charge in [-0.15, -0.1) is 11.3 Å². The summed E-state index contributed by atoms with van der Waals surface area (Å²) in [5.41, 5.74) is 2.42. The number of imidazole rings is 2. The van der Waals surface area contributed by atoms with Crippen LogP contribution in [0.1, 0.15) is 259 Å². The Hall–Kier alpha value is -5.32. The molecule has 17 heteroatoms. The number of aromatic nitrogens is 5. The number of nitrogens with zero attached hydrogens (tertiary/aromatic N) is 6. The molecule has 4 aromatic heterocycles. The number of carbonyl (C=O) groups excluding carboxylic acids is 6. The number of rotatable bonds is 10. The van der Waals surface area contributed by atoms with Crippen molar-refractivity contribution in [1.29, 1.82) is 0 Å². The first kappa shape index (κ1) is 79.7. The smallest absolute Gasteiger partial charge is 0.203 e. The summed E-state index contributed by atoms with van der Waals surface area (Å²) < 4.78 is 5.45. The van der Waals surface area contributed by atoms with E-state index >= 15 is 0 Å². The molecule has 0 saturated heterocycles. The van der Waals surface area contributed by atoms with Crippen molar-refractivity contribution in [2.75, 3.05) is 17.2 Å². The minimum atomic E-state index is -0.405. The molecule has 0 aromatic carbocycles. The van der Waals surface area contributed by atoms with Crippen molar-refractivity contribution in [2.45, 2.75) is 237 Å². The molecular weight excluding hydrogens is 1110 g/mol. The quantitative estimate of drug-likeness (QED) is 0.128. The third-order valence-corrected chi connectivity index (χ3v) is 13.4. The highest BCUT2D eigenvalue weighted by Crippen LogP contribution is 2.33. The maximum atomic E-state index is 12.2. The molecule has 0 unspecified atom stereocenters. The number of allylic oxidation sites excluding steroid dienone is 2. The van der Waals surface area contributed by atoms with E-state index < -0.39 is 5.41 Å². The van der Waals surface area contributed by atoms with Gasteiger partial charge in [0.15, 0.2) is 29.0 Å². The van der Waals surface area contributed by atoms with Gasteiger partial charge in [0.1, 0.15) is 11.6 Å². The number of carbonyl (C=O) groups is 6. The summed E-state index contributed by atoms with van der Waals surface area (Å²) in [4.78, 5) is 85.7. The summed E-state index contributed by atoms with van der Waals surface area (Å²) in [5, 5.41) is 10.5. The summed E-state index contributed by atoms with van der Waals surface area (Å²) >= 11 is 7.40. The van der Waals surface area contributed by atoms with E-state index in [0.717, 1.165) is 40.0 Å². The van der Waals surface area contributed by atoms with Crippen LogP contribution in [-0.2, 0) is 30.7 Å². The highest BCUT2D eigenvalue weighted by molar-refractivity contribution is 7.14. The average molecular weight is 1220 g/mol. The molecule has 0 spiro atoms. The number of hydrogen-bond donors (Lipinski definition) is 3. The van der Waals surface area contributed by atoms with Crippen LogP contribution in [0, 0.1) is 46.3 Å². The summed E-state index contributed by atoms with van der Waals surface area (Å²) in [6.45, 7) is 60.0. The highest BCUT2D eigenvalue weighted by Gasteiger charge is 2.31. The molecule has 0 radical (unpaired) electrons. The molecule has 4 aromatic rings. The summed E-state index contributed by atoms with van der Waals surface area (Å²) in [6.07, 6.45) is 9.00. The highest BCUT2D eigenvalue weighted by atomic mass is 35.5. The van der Waals surface area contributed by atoms with E-state index in [1.165, 1.54) is 11.3 Å². The van der Waals surface area contributed by atoms with Crippen molar-refractivity contribution in [3.8, 4) is 0 Å². The summed E-state index contributed by atoms with van der Waals surface area (Å²) in [5.74, 6) is 2.71. The van der Waals surface area contributed by atoms with Gasteiger partial charge in [-0.2, -0.15) is 0 Å². The van der Waals surface area contributed by atoms with Gasteiger partial charge in [0.2, 0.25) is 11.6 Å². The molecule has 0 bridgehead atoms. The number of aliphatic imine (C=N–C) groups is 1. The predicted octanol–water partition coefficient (Wildman–Crippen LogP) is 16.9. The Morgan fingerprint density at radius 1 is 0.518 bits per heavy atom. The second-order valence-electron chi connectivity index (χ2n) is 31.5. The van der Waals surface area contributed by atoms with Gasteiger partial charge in [0.05, 0.1) is 32.7 Å². The molecule has 0 amide bonds. The first-order chi connectivity index (χ1) is 37.7. The molecule has 0 aliphatic carbocycles. The third kappa shape index (κ3) is 29.8. The lowest BCUT2D eigenvalue weighted by molar-refractivity contribution is -0.126. The molecule has 1 aliphatic rings. The van der Waals surface area contributed by atoms with Gasteiger partial charge in [0, 0.05) is 119 Å². The van der Waals surface area contributed by atoms with Crippen LogP contribution in [0.15, 0.2) is 47.5 Å². The number of anilines is 2. The second kappa shape index (κ2) is 30.5. The zero-order valence-electron chi connectivity index (χ0n) is 59.0. The van der Waals surface area contributed by atoms with Crippen LogP contribution < -0.4 is 16.0 Å². The molecule has 15 nitrogen and oxygen atoms in total. The lowest BCUT2D eigenvalue weighted by atomic mass is 9.87. The minimum Gasteiger partial charge on any atom is -0.379 e. The monoisotopic (exact) mass is 1220 g/mol. The maximum Gasteiger partial charge on any atom is 0.203 e. The molecule has 0 saturated carbocycles. The van der Waals surface area contributed by atoms with Gasteiger partial charge in [-0.1, -0.05) is 142 Å². The van der Waals surface area contributed by atoms with E-state index in [-0.39, 0.29) is 72.6 Å². The lowest BCUT2D eigenvalue weighted by Crippen LogP contribution is -2.38. The number of aryl methyl sites for hydroxylation is 5. The van der Waals surface area contributed by atoms with E-state index in [0.29, 0.717) is 45.9 Å². The Balaban J connectivity index is 0.00000100. The fourth-order valence-corrected chi connectivity index (χ4v) is 8.81. The third-order valence-electron chi connectivity index (χ3n) is 12.0. The second-order valence-corrected chi connectivity index (χ2v) is 33.2. The molecule has 3 N–H and O–H groups in total. The zero-order chi connectivity index (χ0) is 67.4. The number of halogens is 1. The van der Waals surface area contributed by atoms with Crippen LogP contribution in [0.4, 0.5) is 11.5 Å². The van der Waals surface area contributed by atoms with Gasteiger partial charge in [-0.05, 0) is 95.2 Å². The van der Waals surface area contributed by atoms with Crippen LogP contribution in [-0.4, -0.2) is 87.2 Å². The lowest BCUT2D eigenvalue weighted by Gasteiger charge is -2.22. The maximum absolute atomic E-state index is 12.2. The molecule has 5 rings (SSSR count). The van der Waals surface area contributed by atoms with Crippen molar-refractivity contribution in [1.82, 2.24) is 29.0 Å². The SMILES string of the molecule is CC(C)(C)NCCC(=O)C(C)(C)C.CC1=CCC(C(=O)C(C)(C)C)=N1.Cc1cc(Cl)c(C(=O)C(C)(C)C)s1.Cc1cn(C)c(C(=O)C(C)(C)C)n1.Cn1cc(NC(C)(C)C)cc1C(=O)C(C)(C)C.Cn1cc(NC(C)(C)C)nc1C(=O)C(C)(C)C. The van der Waals surface area contributed by atoms with Gasteiger partial charge in [-0.3, -0.25) is 33.8 Å². The number of Topliss-reactive ketones (excluding diaryl/α,β-unsaturated/α-hetero) is 6. The van der Waals surface area contributed by atoms with Gasteiger partial charge >= 0.3 is 0 Å². The van der Waals surface area contributed by atoms with Crippen molar-refractivity contribution >= 4 is 74.9 Å². The van der Waals surface area contributed by atoms with Crippen molar-refractivity contribution in [2.24, 2.45) is 58.6 Å². The van der Waals surface area contributed by atoms with E-state index in [1.54, 1.807) is 9.13 Å². The Morgan fingerprint density at radius 2 is 0.953 bits per heavy atom. The zero-order valence-corrected chi connectivity index (χ0v) is 60.6. The Bertz CT molecular complexity index is 2820. The molecule has 0 fully saturated rings. The van der Waals surface area contributed by atoms with Gasteiger partial charge in [-0.25, -0.2) is 9.97 Å². The van der Waals surface area contributed by atoms with Crippen molar-refractivity contribution in [3.05, 3.63) is 80.3 Å². The fraction of sp³-hybridized carbons (Fsp3) is 0.662. The predicted molar refractivity (Wildman–Crippen MR) is 360 cm³/mol. The van der Waals surface area contributed by atoms with E-state index in [4.69, 9.17) is 11.6 Å². The molecule has 5 heterocycles. The first-order valence-corrected chi connectivity index (χ1v) is 30.7. The molecule has 0 atom stereocenters. The summed E-state index contributed by atoms with van der Waals surface area (Å²) in [7, 11) is 5.60. The van der Waals surface area contributed by atoms with E-state index in [2.05, 4.69) is 93.2 Å². The van der Waals surface area contributed by atoms with Crippen molar-refractivity contribution in [3.63, 3.8) is 0 Å². The van der Waals surface area contributed by atoms with Crippen LogP contribution in [0.25, 0.3) is 0 Å². The molecule has 85 heavy (non-hydrogen) atoms. The Labute approximate surface area is 523 Å². The topological polar surface area (TPSA) is 191 Å². The first-order valence-electron chi connectivity index (χ1n) is 29.5. The van der Waals surface area contributed by atoms with Gasteiger partial charge in [0.25, 0.3) is 0 Å². The number of nitrogens with one attached hydrogen (secondary N) is 3. The van der Waals surface area contributed by atoms with Crippen LogP contribution in [0.2, 0.25) is 5.02 Å². The molecule has 480 valence electrons. The van der Waals surface area contributed by atoms with Crippen molar-refractivity contribution < 1.29 is 28.8 Å². The number of thiophene rings is 1. The van der Waals surface area contributed by atoms with E-state index in [1.807, 2.05) is 208 Å². The molecular formula is C68H114ClN9O6S. The number of ketones is 6. The fourth-order valence-electron chi connectivity index (χ4n) is 7.33. The Morgan fingerprint density at radius 3 is 1.29 bits per heavy atom. The largest absolute Gasteiger partial charge is 0.379 e. The number of hydrogen-bond acceptors (Lipinski definition) is 13. The normalized spacial score (nSPS) is 13.1. The average Bonchev–Trinajstić information content (AvgIpc) is 3.33. The Kier molecular flexibility index (Phi) is 28.6. The van der Waals surface area contributed by atoms with Crippen LogP contribution in [0.5, 0.6) is 0 Å². The standard InChI is InChI=1S/C14H24N2O.C13H23N3O.C11H23NO.C10H13ClOS.C10H16N2O.C10H15NO/c1-13(2,3)12(17)11-8-10(9-16(11)7)15-14(4,5)6;1-12(2,3)10(17)11-14-9(8-16(11)7)15-13(4,5)6;1-10(2,3)9(13)7-8-12-11(4,5)6;1-6-5-7(11)8(13-6)9(12)10(2,3)4;1-7-6-12(5)9(11-7)8(13)10(2,3)4;1-7-5-6-8(11-7)9(12)10(2,3)4/h8-9,15H,1-7H3;8,15H,1-7H3;12H,7-8H2,1-6H3;5H,1-4H3;6H,1-5H3;5H,6H2,1-4H3. The molecule has 1 aliphatic heterocycles. The van der Waals surface area contributed by atoms with E-state index in [9.17, 15) is 28.8 Å². The van der Waals surface area contributed by atoms with Crippen LogP contribution >= 0.6 is 22.9 Å².